The van der Waals surface area contributed by atoms with E-state index in [4.69, 9.17) is 11.6 Å². The molecule has 1 aromatic carbocycles. The van der Waals surface area contributed by atoms with Gasteiger partial charge in [-0.05, 0) is 50.1 Å². The van der Waals surface area contributed by atoms with Gasteiger partial charge in [0.05, 0.1) is 5.02 Å². The Hall–Kier alpha value is -0.720. The van der Waals surface area contributed by atoms with Crippen LogP contribution in [-0.4, -0.2) is 20.8 Å². The van der Waals surface area contributed by atoms with Crippen LogP contribution in [0.25, 0.3) is 0 Å². The molecule has 17 heavy (non-hydrogen) atoms. The molecule has 0 unspecified atom stereocenters. The number of nitrogens with zero attached hydrogens (tertiary/aromatic N) is 3. The van der Waals surface area contributed by atoms with Crippen LogP contribution in [0.5, 0.6) is 0 Å². The van der Waals surface area contributed by atoms with Crippen molar-refractivity contribution in [1.29, 1.82) is 0 Å². The van der Waals surface area contributed by atoms with E-state index in [1.165, 1.54) is 4.68 Å². The van der Waals surface area contributed by atoms with Crippen molar-refractivity contribution < 1.29 is 4.79 Å². The molecule has 2 aromatic rings. The summed E-state index contributed by atoms with van der Waals surface area (Å²) in [5.41, 5.74) is 0.882. The Labute approximate surface area is 119 Å². The number of hydrogen-bond donors (Lipinski definition) is 0. The van der Waals surface area contributed by atoms with Gasteiger partial charge in [-0.1, -0.05) is 16.8 Å². The van der Waals surface area contributed by atoms with Crippen LogP contribution in [0.3, 0.4) is 0 Å². The third-order valence-electron chi connectivity index (χ3n) is 2.18. The Kier molecular flexibility index (Phi) is 3.65. The number of ketones is 1. The van der Waals surface area contributed by atoms with Gasteiger partial charge in [0.1, 0.15) is 5.69 Å². The van der Waals surface area contributed by atoms with Crippen molar-refractivity contribution >= 4 is 49.2 Å². The van der Waals surface area contributed by atoms with E-state index in [9.17, 15) is 4.79 Å². The lowest BCUT2D eigenvalue weighted by atomic mass is 10.1. The molecule has 0 saturated heterocycles. The van der Waals surface area contributed by atoms with Gasteiger partial charge in [0.15, 0.2) is 4.60 Å². The van der Waals surface area contributed by atoms with E-state index in [0.717, 1.165) is 4.47 Å². The number of rotatable bonds is 2. The fourth-order valence-electron chi connectivity index (χ4n) is 1.35. The molecule has 1 heterocycles. The Morgan fingerprint density at radius 3 is 2.65 bits per heavy atom. The first-order valence-corrected chi connectivity index (χ1v) is 6.52. The van der Waals surface area contributed by atoms with Gasteiger partial charge >= 0.3 is 0 Å². The fourth-order valence-corrected chi connectivity index (χ4v) is 2.28. The summed E-state index contributed by atoms with van der Waals surface area (Å²) in [6.07, 6.45) is 0. The molecule has 4 nitrogen and oxygen atoms in total. The largest absolute Gasteiger partial charge is 0.287 e. The topological polar surface area (TPSA) is 47.8 Å². The SMILES string of the molecule is Cn1nnc(Br)c1C(=O)c1ccc(Br)c(Cl)c1. The molecule has 0 aliphatic carbocycles. The summed E-state index contributed by atoms with van der Waals surface area (Å²) < 4.78 is 2.59. The molecule has 7 heteroatoms. The van der Waals surface area contributed by atoms with Crippen LogP contribution in [0, 0.1) is 0 Å². The highest BCUT2D eigenvalue weighted by atomic mass is 79.9. The Morgan fingerprint density at radius 1 is 1.41 bits per heavy atom. The zero-order valence-electron chi connectivity index (χ0n) is 8.62. The maximum Gasteiger partial charge on any atom is 0.213 e. The summed E-state index contributed by atoms with van der Waals surface area (Å²) in [5, 5.41) is 8.02. The monoisotopic (exact) mass is 377 g/mol. The minimum absolute atomic E-state index is 0.182. The standard InChI is InChI=1S/C10H6Br2ClN3O/c1-16-8(10(12)14-15-16)9(17)5-2-3-6(11)7(13)4-5/h2-4H,1H3. The van der Waals surface area contributed by atoms with Crippen LogP contribution in [0.1, 0.15) is 16.1 Å². The number of halogens is 3. The molecular weight excluding hydrogens is 373 g/mol. The van der Waals surface area contributed by atoms with E-state index in [-0.39, 0.29) is 5.78 Å². The first-order chi connectivity index (χ1) is 8.00. The number of carbonyl (C=O) groups is 1. The minimum Gasteiger partial charge on any atom is -0.287 e. The fraction of sp³-hybridized carbons (Fsp3) is 0.100. The van der Waals surface area contributed by atoms with Gasteiger partial charge in [-0.3, -0.25) is 4.79 Å². The lowest BCUT2D eigenvalue weighted by Crippen LogP contribution is -2.08. The van der Waals surface area contributed by atoms with Gasteiger partial charge in [-0.15, -0.1) is 5.10 Å². The van der Waals surface area contributed by atoms with Crippen molar-refractivity contribution in [3.8, 4) is 0 Å². The van der Waals surface area contributed by atoms with Gasteiger partial charge in [0.25, 0.3) is 0 Å². The molecule has 0 N–H and O–H groups in total. The third kappa shape index (κ3) is 2.43. The molecule has 0 aliphatic rings. The van der Waals surface area contributed by atoms with Crippen molar-refractivity contribution in [1.82, 2.24) is 15.0 Å². The van der Waals surface area contributed by atoms with Crippen LogP contribution in [-0.2, 0) is 7.05 Å². The van der Waals surface area contributed by atoms with Crippen molar-refractivity contribution in [2.24, 2.45) is 7.05 Å². The smallest absolute Gasteiger partial charge is 0.213 e. The van der Waals surface area contributed by atoms with Gasteiger partial charge in [-0.2, -0.15) is 0 Å². The maximum atomic E-state index is 12.2. The molecule has 0 radical (unpaired) electrons. The summed E-state index contributed by atoms with van der Waals surface area (Å²) in [4.78, 5) is 12.2. The Balaban J connectivity index is 2.48. The highest BCUT2D eigenvalue weighted by Crippen LogP contribution is 2.25. The van der Waals surface area contributed by atoms with Crippen molar-refractivity contribution in [3.63, 3.8) is 0 Å². The summed E-state index contributed by atoms with van der Waals surface area (Å²) in [6, 6.07) is 5.03. The zero-order valence-corrected chi connectivity index (χ0v) is 12.5. The average molecular weight is 379 g/mol. The Bertz CT molecular complexity index is 578. The molecule has 0 spiro atoms. The second kappa shape index (κ2) is 4.88. The van der Waals surface area contributed by atoms with Crippen molar-refractivity contribution in [2.75, 3.05) is 0 Å². The van der Waals surface area contributed by atoms with Crippen LogP contribution in [0.15, 0.2) is 27.3 Å². The lowest BCUT2D eigenvalue weighted by Gasteiger charge is -2.03. The van der Waals surface area contributed by atoms with Gasteiger partial charge < -0.3 is 0 Å². The average Bonchev–Trinajstić information content (AvgIpc) is 2.62. The van der Waals surface area contributed by atoms with Crippen LogP contribution < -0.4 is 0 Å². The van der Waals surface area contributed by atoms with Crippen molar-refractivity contribution in [2.45, 2.75) is 0 Å². The van der Waals surface area contributed by atoms with E-state index in [0.29, 0.717) is 20.9 Å². The van der Waals surface area contributed by atoms with Gasteiger partial charge in [-0.25, -0.2) is 4.68 Å². The normalized spacial score (nSPS) is 10.6. The van der Waals surface area contributed by atoms with E-state index in [2.05, 4.69) is 42.2 Å². The predicted octanol–water partition coefficient (Wildman–Crippen LogP) is 3.22. The van der Waals surface area contributed by atoms with Gasteiger partial charge in [0, 0.05) is 17.1 Å². The predicted molar refractivity (Wildman–Crippen MR) is 71.3 cm³/mol. The Morgan fingerprint density at radius 2 is 2.12 bits per heavy atom. The third-order valence-corrected chi connectivity index (χ3v) is 3.95. The first-order valence-electron chi connectivity index (χ1n) is 4.55. The molecular formula is C10H6Br2ClN3O. The molecule has 0 bridgehead atoms. The lowest BCUT2D eigenvalue weighted by molar-refractivity contribution is 0.102. The molecule has 1 aromatic heterocycles. The van der Waals surface area contributed by atoms with E-state index in [1.54, 1.807) is 25.2 Å². The first kappa shape index (κ1) is 12.7. The molecule has 0 atom stereocenters. The van der Waals surface area contributed by atoms with E-state index >= 15 is 0 Å². The minimum atomic E-state index is -0.182. The second-order valence-corrected chi connectivity index (χ2v) is 5.32. The van der Waals surface area contributed by atoms with Crippen LogP contribution in [0.2, 0.25) is 5.02 Å². The number of benzene rings is 1. The quantitative estimate of drug-likeness (QED) is 0.753. The molecule has 2 rings (SSSR count). The highest BCUT2D eigenvalue weighted by molar-refractivity contribution is 9.10. The molecule has 0 amide bonds. The summed E-state index contributed by atoms with van der Waals surface area (Å²) >= 11 is 12.4. The highest BCUT2D eigenvalue weighted by Gasteiger charge is 2.19. The molecule has 0 aliphatic heterocycles. The van der Waals surface area contributed by atoms with Crippen LogP contribution >= 0.6 is 43.5 Å². The second-order valence-electron chi connectivity index (χ2n) is 3.31. The van der Waals surface area contributed by atoms with E-state index in [1.807, 2.05) is 0 Å². The summed E-state index contributed by atoms with van der Waals surface area (Å²) in [6.45, 7) is 0. The van der Waals surface area contributed by atoms with Gasteiger partial charge in [0.2, 0.25) is 5.78 Å². The molecule has 0 saturated carbocycles. The van der Waals surface area contributed by atoms with Crippen molar-refractivity contribution in [3.05, 3.63) is 43.6 Å². The molecule has 88 valence electrons. The van der Waals surface area contributed by atoms with Crippen LogP contribution in [0.4, 0.5) is 0 Å². The molecule has 0 fully saturated rings. The number of aromatic nitrogens is 3. The number of hydrogen-bond acceptors (Lipinski definition) is 3. The summed E-state index contributed by atoms with van der Waals surface area (Å²) in [5.74, 6) is -0.182. The number of carbonyl (C=O) groups excluding carboxylic acids is 1. The zero-order chi connectivity index (χ0) is 12.6. The number of aryl methyl sites for hydroxylation is 1. The summed E-state index contributed by atoms with van der Waals surface area (Å²) in [7, 11) is 1.66. The van der Waals surface area contributed by atoms with E-state index < -0.39 is 0 Å². The maximum absolute atomic E-state index is 12.2.